The Morgan fingerprint density at radius 2 is 1.45 bits per heavy atom. The van der Waals surface area contributed by atoms with Crippen molar-refractivity contribution in [2.75, 3.05) is 13.2 Å². The van der Waals surface area contributed by atoms with E-state index in [0.717, 1.165) is 25.0 Å². The number of fused-ring (bicyclic) bond motifs is 1. The molecule has 1 heterocycles. The zero-order valence-electron chi connectivity index (χ0n) is 6.62. The van der Waals surface area contributed by atoms with E-state index in [1.54, 1.807) is 0 Å². The van der Waals surface area contributed by atoms with Crippen molar-refractivity contribution in [1.82, 2.24) is 0 Å². The minimum atomic E-state index is 0.777. The van der Waals surface area contributed by atoms with Crippen LogP contribution in [0.4, 0.5) is 0 Å². The summed E-state index contributed by atoms with van der Waals surface area (Å²) in [6.45, 7) is 1.80. The van der Waals surface area contributed by atoms with Gasteiger partial charge in [0.25, 0.3) is 0 Å². The lowest BCUT2D eigenvalue weighted by atomic mass is 9.80. The molecule has 2 rings (SSSR count). The van der Waals surface area contributed by atoms with Crippen LogP contribution in [0.3, 0.4) is 0 Å². The molecule has 1 saturated carbocycles. The first-order valence-electron chi connectivity index (χ1n) is 4.38. The quantitative estimate of drug-likeness (QED) is 0.525. The van der Waals surface area contributed by atoms with Crippen LogP contribution in [0.2, 0.25) is 0 Å². The predicted molar refractivity (Wildman–Crippen MR) is 44.9 cm³/mol. The van der Waals surface area contributed by atoms with Gasteiger partial charge in [0.1, 0.15) is 0 Å². The molecule has 1 aliphatic heterocycles. The topological polar surface area (TPSA) is 18.5 Å². The van der Waals surface area contributed by atoms with Crippen molar-refractivity contribution in [2.45, 2.75) is 25.7 Å². The molecule has 0 bridgehead atoms. The van der Waals surface area contributed by atoms with E-state index < -0.39 is 0 Å². The highest BCUT2D eigenvalue weighted by molar-refractivity contribution is 7.89. The fourth-order valence-electron chi connectivity index (χ4n) is 1.99. The summed E-state index contributed by atoms with van der Waals surface area (Å²) in [4.78, 5) is 0. The largest absolute Gasteiger partial charge is 0.291 e. The lowest BCUT2D eigenvalue weighted by molar-refractivity contribution is 0.156. The molecule has 0 N–H and O–H groups in total. The maximum Gasteiger partial charge on any atom is 0.158 e. The summed E-state index contributed by atoms with van der Waals surface area (Å²) in [6.07, 6.45) is 5.45. The van der Waals surface area contributed by atoms with Crippen molar-refractivity contribution < 1.29 is 8.37 Å². The molecule has 0 spiro atoms. The molecule has 64 valence electrons. The average Bonchev–Trinajstić information content (AvgIpc) is 2.28. The van der Waals surface area contributed by atoms with Gasteiger partial charge in [0.2, 0.25) is 0 Å². The summed E-state index contributed by atoms with van der Waals surface area (Å²) in [5, 5.41) is 0. The standard InChI is InChI=1S/C8H14O2S/c1-2-4-8-6-10-11-9-5-7(8)3-1/h7-8H,1-6H2/t7-,8-/m0/s1. The number of hydrogen-bond acceptors (Lipinski definition) is 3. The van der Waals surface area contributed by atoms with E-state index in [9.17, 15) is 0 Å². The van der Waals surface area contributed by atoms with Crippen molar-refractivity contribution in [3.05, 3.63) is 0 Å². The van der Waals surface area contributed by atoms with Gasteiger partial charge in [-0.1, -0.05) is 12.8 Å². The highest BCUT2D eigenvalue weighted by Gasteiger charge is 2.27. The van der Waals surface area contributed by atoms with E-state index in [4.69, 9.17) is 8.37 Å². The van der Waals surface area contributed by atoms with Crippen molar-refractivity contribution in [1.29, 1.82) is 0 Å². The minimum Gasteiger partial charge on any atom is -0.291 e. The lowest BCUT2D eigenvalue weighted by Crippen LogP contribution is -2.24. The third-order valence-electron chi connectivity index (χ3n) is 2.73. The fourth-order valence-corrected chi connectivity index (χ4v) is 2.52. The molecule has 0 amide bonds. The molecule has 2 aliphatic rings. The first-order chi connectivity index (χ1) is 5.47. The van der Waals surface area contributed by atoms with Gasteiger partial charge in [-0.3, -0.25) is 8.37 Å². The molecule has 11 heavy (non-hydrogen) atoms. The highest BCUT2D eigenvalue weighted by Crippen LogP contribution is 2.34. The monoisotopic (exact) mass is 174 g/mol. The van der Waals surface area contributed by atoms with Gasteiger partial charge in [-0.05, 0) is 24.7 Å². The first kappa shape index (κ1) is 7.90. The Balaban J connectivity index is 1.93. The maximum atomic E-state index is 5.26. The summed E-state index contributed by atoms with van der Waals surface area (Å²) in [6, 6.07) is 0. The molecule has 0 unspecified atom stereocenters. The Hall–Kier alpha value is 0.270. The van der Waals surface area contributed by atoms with Gasteiger partial charge in [0.15, 0.2) is 12.3 Å². The van der Waals surface area contributed by atoms with Crippen LogP contribution in [0.15, 0.2) is 0 Å². The van der Waals surface area contributed by atoms with E-state index in [1.165, 1.54) is 38.0 Å². The lowest BCUT2D eigenvalue weighted by Gasteiger charge is -2.27. The molecule has 1 aliphatic carbocycles. The molecule has 3 heteroatoms. The van der Waals surface area contributed by atoms with Crippen LogP contribution in [0, 0.1) is 11.8 Å². The zero-order chi connectivity index (χ0) is 7.52. The summed E-state index contributed by atoms with van der Waals surface area (Å²) < 4.78 is 10.5. The Kier molecular flexibility index (Phi) is 2.72. The molecule has 2 atom stereocenters. The van der Waals surface area contributed by atoms with Crippen LogP contribution in [-0.4, -0.2) is 13.2 Å². The van der Waals surface area contributed by atoms with Crippen LogP contribution in [0.1, 0.15) is 25.7 Å². The Morgan fingerprint density at radius 1 is 0.909 bits per heavy atom. The Morgan fingerprint density at radius 3 is 2.00 bits per heavy atom. The molecular formula is C8H14O2S. The summed E-state index contributed by atoms with van der Waals surface area (Å²) in [5.74, 6) is 1.55. The van der Waals surface area contributed by atoms with Gasteiger partial charge in [-0.2, -0.15) is 0 Å². The average molecular weight is 174 g/mol. The molecule has 0 aromatic rings. The minimum absolute atomic E-state index is 0.777. The molecule has 1 saturated heterocycles. The third kappa shape index (κ3) is 1.89. The van der Waals surface area contributed by atoms with Crippen molar-refractivity contribution >= 4 is 12.3 Å². The van der Waals surface area contributed by atoms with E-state index in [0.29, 0.717) is 0 Å². The maximum absolute atomic E-state index is 5.26. The molecular weight excluding hydrogens is 160 g/mol. The van der Waals surface area contributed by atoms with Crippen LogP contribution in [0.5, 0.6) is 0 Å². The first-order valence-corrected chi connectivity index (χ1v) is 5.04. The molecule has 0 radical (unpaired) electrons. The fraction of sp³-hybridized carbons (Fsp3) is 1.00. The molecule has 2 fully saturated rings. The smallest absolute Gasteiger partial charge is 0.158 e. The van der Waals surface area contributed by atoms with Crippen LogP contribution >= 0.6 is 12.3 Å². The summed E-state index contributed by atoms with van der Waals surface area (Å²) >= 11 is 1.18. The Labute approximate surface area is 72.1 Å². The highest BCUT2D eigenvalue weighted by atomic mass is 32.2. The molecule has 0 aromatic heterocycles. The van der Waals surface area contributed by atoms with Gasteiger partial charge in [-0.25, -0.2) is 0 Å². The number of rotatable bonds is 0. The van der Waals surface area contributed by atoms with Crippen molar-refractivity contribution in [3.63, 3.8) is 0 Å². The van der Waals surface area contributed by atoms with Crippen LogP contribution in [0.25, 0.3) is 0 Å². The van der Waals surface area contributed by atoms with E-state index in [1.807, 2.05) is 0 Å². The molecule has 0 aromatic carbocycles. The van der Waals surface area contributed by atoms with Gasteiger partial charge in [-0.15, -0.1) is 0 Å². The Bertz CT molecular complexity index is 115. The van der Waals surface area contributed by atoms with Crippen molar-refractivity contribution in [3.8, 4) is 0 Å². The SMILES string of the molecule is C1CC[C@H]2COSOC[C@@H]2C1. The second-order valence-corrected chi connectivity index (χ2v) is 4.05. The number of hydrogen-bond donors (Lipinski definition) is 0. The van der Waals surface area contributed by atoms with Gasteiger partial charge >= 0.3 is 0 Å². The second-order valence-electron chi connectivity index (χ2n) is 3.44. The molecule has 2 nitrogen and oxygen atoms in total. The van der Waals surface area contributed by atoms with Crippen LogP contribution < -0.4 is 0 Å². The predicted octanol–water partition coefficient (Wildman–Crippen LogP) is 2.40. The second kappa shape index (κ2) is 3.78. The zero-order valence-corrected chi connectivity index (χ0v) is 7.44. The normalized spacial score (nSPS) is 39.3. The van der Waals surface area contributed by atoms with Crippen LogP contribution in [-0.2, 0) is 8.37 Å². The van der Waals surface area contributed by atoms with E-state index >= 15 is 0 Å². The summed E-state index contributed by atoms with van der Waals surface area (Å²) in [7, 11) is 0. The third-order valence-corrected chi connectivity index (χ3v) is 3.19. The van der Waals surface area contributed by atoms with E-state index in [2.05, 4.69) is 0 Å². The van der Waals surface area contributed by atoms with Gasteiger partial charge in [0, 0.05) is 0 Å². The van der Waals surface area contributed by atoms with E-state index in [-0.39, 0.29) is 0 Å². The van der Waals surface area contributed by atoms with Crippen molar-refractivity contribution in [2.24, 2.45) is 11.8 Å². The van der Waals surface area contributed by atoms with Gasteiger partial charge in [0.05, 0.1) is 13.2 Å². The summed E-state index contributed by atoms with van der Waals surface area (Å²) in [5.41, 5.74) is 0. The van der Waals surface area contributed by atoms with Gasteiger partial charge < -0.3 is 0 Å².